The van der Waals surface area contributed by atoms with E-state index in [1.54, 1.807) is 0 Å². The molecule has 122 valence electrons. The molecule has 1 heterocycles. The number of hydrogen-bond acceptors (Lipinski definition) is 1. The SMILES string of the molecule is Clc1ccc2oc(-c3ccccc3)cc(=[NH+]c3ccc(Br)cc3)c2c1. The molecule has 4 heteroatoms. The van der Waals surface area contributed by atoms with Crippen molar-refractivity contribution < 1.29 is 9.41 Å². The van der Waals surface area contributed by atoms with Crippen LogP contribution in [0, 0.1) is 0 Å². The van der Waals surface area contributed by atoms with Crippen molar-refractivity contribution in [1.29, 1.82) is 0 Å². The second-order valence-corrected chi connectivity index (χ2v) is 7.01. The lowest BCUT2D eigenvalue weighted by Crippen LogP contribution is -2.70. The van der Waals surface area contributed by atoms with E-state index in [0.29, 0.717) is 5.02 Å². The van der Waals surface area contributed by atoms with Crippen LogP contribution in [0.4, 0.5) is 5.69 Å². The van der Waals surface area contributed by atoms with Crippen LogP contribution >= 0.6 is 27.5 Å². The van der Waals surface area contributed by atoms with E-state index in [4.69, 9.17) is 16.0 Å². The van der Waals surface area contributed by atoms with Crippen molar-refractivity contribution in [1.82, 2.24) is 0 Å². The first-order valence-electron chi connectivity index (χ1n) is 7.83. The lowest BCUT2D eigenvalue weighted by Gasteiger charge is -2.03. The average molecular weight is 412 g/mol. The molecule has 0 saturated heterocycles. The Labute approximate surface area is 158 Å². The summed E-state index contributed by atoms with van der Waals surface area (Å²) in [7, 11) is 0. The number of halogens is 2. The zero-order chi connectivity index (χ0) is 17.2. The van der Waals surface area contributed by atoms with Crippen LogP contribution in [0.3, 0.4) is 0 Å². The van der Waals surface area contributed by atoms with E-state index in [9.17, 15) is 0 Å². The van der Waals surface area contributed by atoms with Crippen LogP contribution in [0.25, 0.3) is 22.3 Å². The number of fused-ring (bicyclic) bond motifs is 1. The molecule has 4 rings (SSSR count). The third-order valence-electron chi connectivity index (χ3n) is 3.91. The van der Waals surface area contributed by atoms with E-state index in [-0.39, 0.29) is 0 Å². The smallest absolute Gasteiger partial charge is 0.218 e. The number of benzene rings is 3. The quantitative estimate of drug-likeness (QED) is 0.502. The van der Waals surface area contributed by atoms with Crippen LogP contribution in [-0.4, -0.2) is 0 Å². The predicted octanol–water partition coefficient (Wildman–Crippen LogP) is 4.83. The zero-order valence-corrected chi connectivity index (χ0v) is 15.5. The molecular weight excluding hydrogens is 398 g/mol. The molecule has 1 aromatic heterocycles. The van der Waals surface area contributed by atoms with Gasteiger partial charge in [0.25, 0.3) is 0 Å². The van der Waals surface area contributed by atoms with Gasteiger partial charge in [-0.3, -0.25) is 0 Å². The molecular formula is C21H14BrClNO+. The standard InChI is InChI=1S/C21H13BrClNO/c22-15-6-9-17(10-7-15)24-19-13-21(14-4-2-1-3-5-14)25-20-11-8-16(23)12-18(19)20/h1-13H/p+1. The molecule has 0 amide bonds. The summed E-state index contributed by atoms with van der Waals surface area (Å²) in [5.41, 5.74) is 2.80. The van der Waals surface area contributed by atoms with Crippen molar-refractivity contribution in [3.8, 4) is 11.3 Å². The fourth-order valence-corrected chi connectivity index (χ4v) is 3.13. The van der Waals surface area contributed by atoms with Gasteiger partial charge in [0.1, 0.15) is 11.3 Å². The van der Waals surface area contributed by atoms with E-state index in [0.717, 1.165) is 37.8 Å². The van der Waals surface area contributed by atoms with Gasteiger partial charge < -0.3 is 4.42 Å². The summed E-state index contributed by atoms with van der Waals surface area (Å²) in [4.78, 5) is 3.47. The van der Waals surface area contributed by atoms with Crippen LogP contribution in [0.5, 0.6) is 0 Å². The van der Waals surface area contributed by atoms with E-state index in [1.165, 1.54) is 0 Å². The van der Waals surface area contributed by atoms with Gasteiger partial charge in [-0.15, -0.1) is 0 Å². The minimum atomic E-state index is 0.675. The molecule has 0 fully saturated rings. The zero-order valence-electron chi connectivity index (χ0n) is 13.2. The van der Waals surface area contributed by atoms with Gasteiger partial charge in [0, 0.05) is 27.2 Å². The molecule has 0 aliphatic carbocycles. The van der Waals surface area contributed by atoms with Gasteiger partial charge in [0.05, 0.1) is 11.5 Å². The molecule has 0 bridgehead atoms. The Morgan fingerprint density at radius 2 is 1.60 bits per heavy atom. The molecule has 0 saturated carbocycles. The van der Waals surface area contributed by atoms with Crippen LogP contribution in [0.1, 0.15) is 0 Å². The highest BCUT2D eigenvalue weighted by Gasteiger charge is 2.10. The second-order valence-electron chi connectivity index (χ2n) is 5.66. The largest absolute Gasteiger partial charge is 0.456 e. The van der Waals surface area contributed by atoms with Gasteiger partial charge in [-0.25, -0.2) is 4.99 Å². The molecule has 2 nitrogen and oxygen atoms in total. The first-order chi connectivity index (χ1) is 12.2. The summed E-state index contributed by atoms with van der Waals surface area (Å²) < 4.78 is 7.13. The van der Waals surface area contributed by atoms with Crippen molar-refractivity contribution in [2.75, 3.05) is 0 Å². The molecule has 1 N–H and O–H groups in total. The lowest BCUT2D eigenvalue weighted by molar-refractivity contribution is -0.400. The van der Waals surface area contributed by atoms with Crippen LogP contribution in [-0.2, 0) is 0 Å². The molecule has 0 atom stereocenters. The summed E-state index contributed by atoms with van der Waals surface area (Å²) >= 11 is 9.66. The van der Waals surface area contributed by atoms with Gasteiger partial charge in [-0.05, 0) is 30.3 Å². The number of nitrogens with one attached hydrogen (secondary N) is 1. The minimum absolute atomic E-state index is 0.675. The van der Waals surface area contributed by atoms with Crippen molar-refractivity contribution in [3.05, 3.63) is 93.7 Å². The van der Waals surface area contributed by atoms with Gasteiger partial charge in [0.15, 0.2) is 0 Å². The van der Waals surface area contributed by atoms with E-state index in [2.05, 4.69) is 20.9 Å². The first-order valence-corrected chi connectivity index (χ1v) is 9.00. The molecule has 0 unspecified atom stereocenters. The van der Waals surface area contributed by atoms with Crippen LogP contribution in [0.2, 0.25) is 5.02 Å². The third-order valence-corrected chi connectivity index (χ3v) is 4.67. The summed E-state index contributed by atoms with van der Waals surface area (Å²) in [6, 6.07) is 25.8. The lowest BCUT2D eigenvalue weighted by atomic mass is 10.1. The van der Waals surface area contributed by atoms with Crippen molar-refractivity contribution >= 4 is 44.2 Å². The molecule has 0 spiro atoms. The normalized spacial score (nSPS) is 11.8. The Kier molecular flexibility index (Phi) is 4.43. The second kappa shape index (κ2) is 6.87. The Bertz CT molecular complexity index is 1100. The number of hydrogen-bond donors (Lipinski definition) is 1. The Hall–Kier alpha value is -2.36. The monoisotopic (exact) mass is 410 g/mol. The molecule has 0 aliphatic rings. The summed E-state index contributed by atoms with van der Waals surface area (Å²) in [5, 5.41) is 2.56. The highest BCUT2D eigenvalue weighted by atomic mass is 79.9. The van der Waals surface area contributed by atoms with E-state index < -0.39 is 0 Å². The third kappa shape index (κ3) is 3.53. The molecule has 0 radical (unpaired) electrons. The van der Waals surface area contributed by atoms with Gasteiger partial charge in [-0.1, -0.05) is 57.9 Å². The fourth-order valence-electron chi connectivity index (χ4n) is 2.70. The van der Waals surface area contributed by atoms with Crippen LogP contribution < -0.4 is 10.3 Å². The highest BCUT2D eigenvalue weighted by Crippen LogP contribution is 2.23. The van der Waals surface area contributed by atoms with Crippen LogP contribution in [0.15, 0.2) is 87.8 Å². The topological polar surface area (TPSA) is 27.1 Å². The van der Waals surface area contributed by atoms with Crippen molar-refractivity contribution in [2.24, 2.45) is 0 Å². The van der Waals surface area contributed by atoms with Crippen molar-refractivity contribution in [2.45, 2.75) is 0 Å². The first kappa shape index (κ1) is 16.1. The maximum atomic E-state index is 6.20. The summed E-state index contributed by atoms with van der Waals surface area (Å²) in [5.74, 6) is 0.801. The molecule has 25 heavy (non-hydrogen) atoms. The van der Waals surface area contributed by atoms with Crippen molar-refractivity contribution in [3.63, 3.8) is 0 Å². The fraction of sp³-hybridized carbons (Fsp3) is 0. The van der Waals surface area contributed by atoms with E-state index >= 15 is 0 Å². The Morgan fingerprint density at radius 3 is 2.36 bits per heavy atom. The predicted molar refractivity (Wildman–Crippen MR) is 105 cm³/mol. The molecule has 0 aliphatic heterocycles. The molecule has 3 aromatic carbocycles. The van der Waals surface area contributed by atoms with Gasteiger partial charge >= 0.3 is 0 Å². The minimum Gasteiger partial charge on any atom is -0.456 e. The maximum absolute atomic E-state index is 6.20. The Morgan fingerprint density at radius 1 is 0.840 bits per heavy atom. The highest BCUT2D eigenvalue weighted by molar-refractivity contribution is 9.10. The Balaban J connectivity index is 2.00. The maximum Gasteiger partial charge on any atom is 0.218 e. The van der Waals surface area contributed by atoms with Gasteiger partial charge in [-0.2, -0.15) is 0 Å². The van der Waals surface area contributed by atoms with Gasteiger partial charge in [0.2, 0.25) is 11.0 Å². The average Bonchev–Trinajstić information content (AvgIpc) is 2.64. The number of rotatable bonds is 2. The molecule has 4 aromatic rings. The summed E-state index contributed by atoms with van der Waals surface area (Å²) in [6.07, 6.45) is 0. The van der Waals surface area contributed by atoms with E-state index in [1.807, 2.05) is 78.9 Å². The summed E-state index contributed by atoms with van der Waals surface area (Å²) in [6.45, 7) is 0.